The van der Waals surface area contributed by atoms with Crippen molar-refractivity contribution in [2.75, 3.05) is 12.0 Å². The molecule has 0 N–H and O–H groups in total. The first-order valence-corrected chi connectivity index (χ1v) is 10.9. The summed E-state index contributed by atoms with van der Waals surface area (Å²) < 4.78 is 4.67. The zero-order valence-corrected chi connectivity index (χ0v) is 19.2. The minimum Gasteiger partial charge on any atom is -0.465 e. The predicted octanol–water partition coefficient (Wildman–Crippen LogP) is 3.36. The topological polar surface area (TPSA) is 127 Å². The van der Waals surface area contributed by atoms with Crippen molar-refractivity contribution in [3.05, 3.63) is 106 Å². The maximum absolute atomic E-state index is 13.5. The van der Waals surface area contributed by atoms with E-state index in [1.54, 1.807) is 24.3 Å². The number of hydrogen-bond acceptors (Lipinski definition) is 7. The Morgan fingerprint density at radius 3 is 2.17 bits per heavy atom. The molecule has 10 nitrogen and oxygen atoms in total. The van der Waals surface area contributed by atoms with Gasteiger partial charge in [-0.05, 0) is 42.0 Å². The molecule has 0 aliphatic carbocycles. The monoisotopic (exact) mass is 487 g/mol. The molecule has 0 radical (unpaired) electrons. The Morgan fingerprint density at radius 2 is 1.58 bits per heavy atom. The fraction of sp³-hybridized carbons (Fsp3) is 0.154. The highest BCUT2D eigenvalue weighted by Gasteiger charge is 2.44. The summed E-state index contributed by atoms with van der Waals surface area (Å²) in [4.78, 5) is 64.2. The van der Waals surface area contributed by atoms with Crippen molar-refractivity contribution in [1.82, 2.24) is 4.90 Å². The number of rotatable bonds is 7. The number of ether oxygens (including phenoxy) is 1. The highest BCUT2D eigenvalue weighted by molar-refractivity contribution is 6.23. The Kier molecular flexibility index (Phi) is 6.86. The molecule has 1 aliphatic heterocycles. The summed E-state index contributed by atoms with van der Waals surface area (Å²) in [7, 11) is 1.25. The van der Waals surface area contributed by atoms with Crippen molar-refractivity contribution in [2.45, 2.75) is 19.0 Å². The first kappa shape index (κ1) is 24.3. The number of esters is 1. The Balaban J connectivity index is 1.65. The van der Waals surface area contributed by atoms with Crippen LogP contribution in [0, 0.1) is 10.1 Å². The van der Waals surface area contributed by atoms with Crippen LogP contribution in [0.3, 0.4) is 0 Å². The summed E-state index contributed by atoms with van der Waals surface area (Å²) >= 11 is 0. The molecule has 1 saturated heterocycles. The number of amides is 3. The number of carbonyl (C=O) groups excluding carboxylic acids is 4. The zero-order valence-electron chi connectivity index (χ0n) is 19.2. The normalized spacial score (nSPS) is 15.0. The third-order valence-corrected chi connectivity index (χ3v) is 5.83. The van der Waals surface area contributed by atoms with Gasteiger partial charge in [-0.1, -0.05) is 30.3 Å². The number of nitro benzene ring substituents is 1. The molecule has 3 aromatic rings. The van der Waals surface area contributed by atoms with Crippen molar-refractivity contribution < 1.29 is 28.8 Å². The van der Waals surface area contributed by atoms with Crippen LogP contribution in [0.15, 0.2) is 78.9 Å². The molecule has 0 saturated carbocycles. The van der Waals surface area contributed by atoms with Gasteiger partial charge in [0.1, 0.15) is 6.04 Å². The summed E-state index contributed by atoms with van der Waals surface area (Å²) in [6, 6.07) is 18.8. The van der Waals surface area contributed by atoms with E-state index >= 15 is 0 Å². The molecule has 36 heavy (non-hydrogen) atoms. The van der Waals surface area contributed by atoms with E-state index in [2.05, 4.69) is 4.74 Å². The first-order chi connectivity index (χ1) is 17.3. The molecule has 3 amide bonds. The molecule has 1 aliphatic rings. The van der Waals surface area contributed by atoms with E-state index in [4.69, 9.17) is 0 Å². The number of nitrogens with zero attached hydrogens (tertiary/aromatic N) is 3. The van der Waals surface area contributed by atoms with Gasteiger partial charge in [-0.15, -0.1) is 0 Å². The molecule has 0 aromatic heterocycles. The van der Waals surface area contributed by atoms with E-state index in [0.29, 0.717) is 0 Å². The number of non-ortho nitro benzene ring substituents is 1. The maximum atomic E-state index is 13.5. The van der Waals surface area contributed by atoms with E-state index in [9.17, 15) is 29.3 Å². The van der Waals surface area contributed by atoms with Crippen LogP contribution in [0.5, 0.6) is 0 Å². The van der Waals surface area contributed by atoms with Crippen LogP contribution < -0.4 is 4.90 Å². The molecule has 1 atom stereocenters. The second-order valence-corrected chi connectivity index (χ2v) is 8.05. The molecule has 1 unspecified atom stereocenters. The maximum Gasteiger partial charge on any atom is 0.337 e. The van der Waals surface area contributed by atoms with Crippen LogP contribution in [0.25, 0.3) is 0 Å². The second-order valence-electron chi connectivity index (χ2n) is 8.05. The number of anilines is 1. The summed E-state index contributed by atoms with van der Waals surface area (Å²) in [5.74, 6) is -2.17. The Bertz CT molecular complexity index is 1320. The third kappa shape index (κ3) is 4.83. The van der Waals surface area contributed by atoms with Crippen molar-refractivity contribution in [1.29, 1.82) is 0 Å². The molecule has 1 heterocycles. The van der Waals surface area contributed by atoms with Crippen molar-refractivity contribution in [2.24, 2.45) is 0 Å². The van der Waals surface area contributed by atoms with Gasteiger partial charge in [0.05, 0.1) is 29.7 Å². The highest BCUT2D eigenvalue weighted by Crippen LogP contribution is 2.28. The molecule has 10 heteroatoms. The fourth-order valence-corrected chi connectivity index (χ4v) is 3.99. The van der Waals surface area contributed by atoms with Gasteiger partial charge < -0.3 is 9.64 Å². The number of hydrogen-bond donors (Lipinski definition) is 0. The fourth-order valence-electron chi connectivity index (χ4n) is 3.99. The lowest BCUT2D eigenvalue weighted by Crippen LogP contribution is -2.45. The minimum absolute atomic E-state index is 0.0511. The summed E-state index contributed by atoms with van der Waals surface area (Å²) in [5.41, 5.74) is 1.25. The molecule has 0 spiro atoms. The lowest BCUT2D eigenvalue weighted by atomic mass is 10.1. The number of carbonyl (C=O) groups is 4. The third-order valence-electron chi connectivity index (χ3n) is 5.83. The lowest BCUT2D eigenvalue weighted by molar-refractivity contribution is -0.384. The number of nitro groups is 1. The van der Waals surface area contributed by atoms with Gasteiger partial charge in [0.15, 0.2) is 0 Å². The van der Waals surface area contributed by atoms with Gasteiger partial charge in [-0.3, -0.25) is 24.5 Å². The van der Waals surface area contributed by atoms with Gasteiger partial charge in [0.25, 0.3) is 17.5 Å². The predicted molar refractivity (Wildman–Crippen MR) is 128 cm³/mol. The highest BCUT2D eigenvalue weighted by atomic mass is 16.6. The number of imide groups is 1. The van der Waals surface area contributed by atoms with E-state index in [-0.39, 0.29) is 35.5 Å². The van der Waals surface area contributed by atoms with E-state index in [1.807, 2.05) is 6.07 Å². The van der Waals surface area contributed by atoms with E-state index in [0.717, 1.165) is 10.5 Å². The molecule has 0 bridgehead atoms. The Morgan fingerprint density at radius 1 is 0.972 bits per heavy atom. The molecular weight excluding hydrogens is 466 g/mol. The smallest absolute Gasteiger partial charge is 0.337 e. The molecule has 4 rings (SSSR count). The van der Waals surface area contributed by atoms with Gasteiger partial charge >= 0.3 is 5.97 Å². The molecular formula is C26H21N3O7. The molecule has 182 valence electrons. The summed E-state index contributed by atoms with van der Waals surface area (Å²) in [6.45, 7) is 0.0511. The van der Waals surface area contributed by atoms with Crippen molar-refractivity contribution >= 4 is 35.1 Å². The minimum atomic E-state index is -1.08. The molecule has 3 aromatic carbocycles. The largest absolute Gasteiger partial charge is 0.465 e. The van der Waals surface area contributed by atoms with Crippen LogP contribution >= 0.6 is 0 Å². The van der Waals surface area contributed by atoms with Gasteiger partial charge in [0, 0.05) is 24.2 Å². The van der Waals surface area contributed by atoms with Crippen molar-refractivity contribution in [3.8, 4) is 0 Å². The van der Waals surface area contributed by atoms with Crippen LogP contribution in [0.4, 0.5) is 11.4 Å². The van der Waals surface area contributed by atoms with Gasteiger partial charge in [0.2, 0.25) is 5.91 Å². The lowest BCUT2D eigenvalue weighted by Gasteiger charge is -2.28. The Labute approximate surface area is 205 Å². The summed E-state index contributed by atoms with van der Waals surface area (Å²) in [5, 5.41) is 11.0. The SMILES string of the molecule is COC(=O)c1ccc(N2C(=O)CC(N(Cc3ccccc3)C(=O)c3ccc([N+](=O)[O-])cc3)C2=O)cc1. The zero-order chi connectivity index (χ0) is 25.8. The summed E-state index contributed by atoms with van der Waals surface area (Å²) in [6.07, 6.45) is -0.233. The number of methoxy groups -OCH3 is 1. The number of benzene rings is 3. The average molecular weight is 487 g/mol. The standard InChI is InChI=1S/C26H21N3O7/c1-36-26(33)19-9-11-20(12-10-19)28-23(30)15-22(25(28)32)27(16-17-5-3-2-4-6-17)24(31)18-7-13-21(14-8-18)29(34)35/h2-14,22H,15-16H2,1H3. The quantitative estimate of drug-likeness (QED) is 0.216. The van der Waals surface area contributed by atoms with Crippen LogP contribution in [-0.4, -0.2) is 46.7 Å². The van der Waals surface area contributed by atoms with Crippen LogP contribution in [-0.2, 0) is 20.9 Å². The van der Waals surface area contributed by atoms with E-state index < -0.39 is 34.7 Å². The first-order valence-electron chi connectivity index (χ1n) is 10.9. The average Bonchev–Trinajstić information content (AvgIpc) is 3.20. The Hall–Kier alpha value is -4.86. The van der Waals surface area contributed by atoms with Crippen LogP contribution in [0.1, 0.15) is 32.7 Å². The van der Waals surface area contributed by atoms with E-state index in [1.165, 1.54) is 60.5 Å². The second kappa shape index (κ2) is 10.2. The molecule has 1 fully saturated rings. The van der Waals surface area contributed by atoms with Crippen molar-refractivity contribution in [3.63, 3.8) is 0 Å². The van der Waals surface area contributed by atoms with Gasteiger partial charge in [-0.25, -0.2) is 9.69 Å². The van der Waals surface area contributed by atoms with Gasteiger partial charge in [-0.2, -0.15) is 0 Å². The van der Waals surface area contributed by atoms with Crippen LogP contribution in [0.2, 0.25) is 0 Å².